The van der Waals surface area contributed by atoms with Gasteiger partial charge in [0.2, 0.25) is 0 Å². The molecule has 0 spiro atoms. The number of pyridine rings is 1. The van der Waals surface area contributed by atoms with Gasteiger partial charge in [-0.05, 0) is 37.5 Å². The van der Waals surface area contributed by atoms with E-state index in [-0.39, 0.29) is 11.9 Å². The van der Waals surface area contributed by atoms with E-state index in [1.807, 2.05) is 29.2 Å². The summed E-state index contributed by atoms with van der Waals surface area (Å²) < 4.78 is 7.09. The number of likely N-dealkylation sites (tertiary alicyclic amines) is 1. The highest BCUT2D eigenvalue weighted by Crippen LogP contribution is 2.36. The molecular weight excluding hydrogens is 342 g/mol. The van der Waals surface area contributed by atoms with E-state index in [0.717, 1.165) is 37.1 Å². The van der Waals surface area contributed by atoms with Crippen LogP contribution in [0, 0.1) is 0 Å². The Kier molecular flexibility index (Phi) is 4.82. The summed E-state index contributed by atoms with van der Waals surface area (Å²) in [5.74, 6) is 1.44. The number of benzene rings is 1. The molecule has 0 N–H and O–H groups in total. The number of para-hydroxylation sites is 1. The Bertz CT molecular complexity index is 908. The maximum absolute atomic E-state index is 13.2. The van der Waals surface area contributed by atoms with E-state index < -0.39 is 0 Å². The van der Waals surface area contributed by atoms with Gasteiger partial charge in [0.05, 0.1) is 18.7 Å². The Morgan fingerprint density at radius 3 is 2.81 bits per heavy atom. The Balaban J connectivity index is 1.61. The second-order valence-electron chi connectivity index (χ2n) is 6.50. The fourth-order valence-corrected chi connectivity index (χ4v) is 3.58. The number of rotatable bonds is 4. The summed E-state index contributed by atoms with van der Waals surface area (Å²) in [6.45, 7) is 0.729. The minimum atomic E-state index is -0.0109. The van der Waals surface area contributed by atoms with E-state index in [0.29, 0.717) is 11.4 Å². The van der Waals surface area contributed by atoms with E-state index in [4.69, 9.17) is 4.74 Å². The molecule has 3 heterocycles. The minimum absolute atomic E-state index is 0.0109. The third kappa shape index (κ3) is 3.40. The maximum atomic E-state index is 13.2. The normalized spacial score (nSPS) is 16.9. The van der Waals surface area contributed by atoms with Crippen molar-refractivity contribution in [1.82, 2.24) is 24.6 Å². The maximum Gasteiger partial charge on any atom is 0.255 e. The minimum Gasteiger partial charge on any atom is -0.496 e. The molecule has 2 aromatic heterocycles. The number of nitrogens with zero attached hydrogens (tertiary/aromatic N) is 5. The zero-order valence-electron chi connectivity index (χ0n) is 15.2. The second-order valence-corrected chi connectivity index (χ2v) is 6.50. The number of methoxy groups -OCH3 is 1. The van der Waals surface area contributed by atoms with Crippen molar-refractivity contribution in [3.8, 4) is 11.6 Å². The number of hydrogen-bond donors (Lipinski definition) is 0. The average Bonchev–Trinajstić information content (AvgIpc) is 3.28. The van der Waals surface area contributed by atoms with Gasteiger partial charge in [-0.25, -0.2) is 14.6 Å². The Morgan fingerprint density at radius 2 is 2.07 bits per heavy atom. The highest BCUT2D eigenvalue weighted by molar-refractivity contribution is 5.94. The van der Waals surface area contributed by atoms with Crippen molar-refractivity contribution >= 4 is 5.91 Å². The van der Waals surface area contributed by atoms with E-state index in [1.54, 1.807) is 36.4 Å². The summed E-state index contributed by atoms with van der Waals surface area (Å²) >= 11 is 0. The van der Waals surface area contributed by atoms with E-state index in [2.05, 4.69) is 15.1 Å². The van der Waals surface area contributed by atoms with Crippen molar-refractivity contribution in [2.24, 2.45) is 0 Å². The molecule has 1 aromatic carbocycles. The van der Waals surface area contributed by atoms with Gasteiger partial charge in [-0.1, -0.05) is 18.2 Å². The first kappa shape index (κ1) is 17.2. The van der Waals surface area contributed by atoms with Gasteiger partial charge in [0, 0.05) is 18.3 Å². The quantitative estimate of drug-likeness (QED) is 0.712. The largest absolute Gasteiger partial charge is 0.496 e. The number of carbonyl (C=O) groups is 1. The molecule has 7 heteroatoms. The van der Waals surface area contributed by atoms with Crippen molar-refractivity contribution in [2.45, 2.75) is 25.3 Å². The molecular formula is C20H21N5O2. The summed E-state index contributed by atoms with van der Waals surface area (Å²) in [7, 11) is 1.67. The molecule has 0 bridgehead atoms. The first-order chi connectivity index (χ1) is 13.3. The lowest BCUT2D eigenvalue weighted by Gasteiger charge is -2.36. The van der Waals surface area contributed by atoms with Gasteiger partial charge in [0.1, 0.15) is 18.4 Å². The molecule has 0 radical (unpaired) electrons. The van der Waals surface area contributed by atoms with Gasteiger partial charge >= 0.3 is 0 Å². The van der Waals surface area contributed by atoms with Crippen LogP contribution in [-0.4, -0.2) is 44.2 Å². The molecule has 1 fully saturated rings. The molecule has 27 heavy (non-hydrogen) atoms. The Morgan fingerprint density at radius 1 is 1.19 bits per heavy atom. The zero-order valence-corrected chi connectivity index (χ0v) is 15.2. The van der Waals surface area contributed by atoms with Crippen LogP contribution in [0.4, 0.5) is 0 Å². The molecule has 1 aliphatic heterocycles. The predicted molar refractivity (Wildman–Crippen MR) is 99.8 cm³/mol. The SMILES string of the molecule is COc1ccccc1C1CCCCN1C(=O)c1ccc(-n2cncn2)nc1. The van der Waals surface area contributed by atoms with E-state index >= 15 is 0 Å². The molecule has 0 saturated carbocycles. The van der Waals surface area contributed by atoms with Crippen LogP contribution in [0.15, 0.2) is 55.2 Å². The molecule has 0 aliphatic carbocycles. The van der Waals surface area contributed by atoms with Crippen molar-refractivity contribution in [3.63, 3.8) is 0 Å². The van der Waals surface area contributed by atoms with Gasteiger partial charge < -0.3 is 9.64 Å². The van der Waals surface area contributed by atoms with Crippen LogP contribution in [0.1, 0.15) is 41.2 Å². The molecule has 1 atom stereocenters. The van der Waals surface area contributed by atoms with Crippen LogP contribution in [0.2, 0.25) is 0 Å². The average molecular weight is 363 g/mol. The highest BCUT2D eigenvalue weighted by atomic mass is 16.5. The molecule has 3 aromatic rings. The molecule has 1 amide bonds. The topological polar surface area (TPSA) is 73.1 Å². The molecule has 4 rings (SSSR count). The Hall–Kier alpha value is -3.22. The lowest BCUT2D eigenvalue weighted by Crippen LogP contribution is -2.38. The van der Waals surface area contributed by atoms with Gasteiger partial charge in [-0.3, -0.25) is 4.79 Å². The van der Waals surface area contributed by atoms with Gasteiger partial charge in [-0.15, -0.1) is 0 Å². The monoisotopic (exact) mass is 363 g/mol. The standard InChI is InChI=1S/C20H21N5O2/c1-27-18-8-3-2-6-16(18)17-7-4-5-11-24(17)20(26)15-9-10-19(22-12-15)25-14-21-13-23-25/h2-3,6,8-10,12-14,17H,4-5,7,11H2,1H3. The first-order valence-electron chi connectivity index (χ1n) is 9.03. The number of carbonyl (C=O) groups excluding carboxylic acids is 1. The smallest absolute Gasteiger partial charge is 0.255 e. The third-order valence-corrected chi connectivity index (χ3v) is 4.91. The molecule has 7 nitrogen and oxygen atoms in total. The molecule has 1 saturated heterocycles. The molecule has 1 aliphatic rings. The highest BCUT2D eigenvalue weighted by Gasteiger charge is 2.30. The summed E-state index contributed by atoms with van der Waals surface area (Å²) in [5.41, 5.74) is 1.63. The van der Waals surface area contributed by atoms with Crippen molar-refractivity contribution in [1.29, 1.82) is 0 Å². The summed E-state index contributed by atoms with van der Waals surface area (Å²) in [6, 6.07) is 11.5. The number of aromatic nitrogens is 4. The predicted octanol–water partition coefficient (Wildman–Crippen LogP) is 3.04. The lowest BCUT2D eigenvalue weighted by atomic mass is 9.94. The Labute approximate surface area is 157 Å². The van der Waals surface area contributed by atoms with Crippen LogP contribution < -0.4 is 4.74 Å². The zero-order chi connectivity index (χ0) is 18.6. The van der Waals surface area contributed by atoms with Crippen LogP contribution in [0.3, 0.4) is 0 Å². The number of amides is 1. The van der Waals surface area contributed by atoms with E-state index in [1.165, 1.54) is 6.33 Å². The number of piperidine rings is 1. The van der Waals surface area contributed by atoms with Gasteiger partial charge in [0.15, 0.2) is 5.82 Å². The van der Waals surface area contributed by atoms with Crippen LogP contribution in [0.25, 0.3) is 5.82 Å². The van der Waals surface area contributed by atoms with E-state index in [9.17, 15) is 4.79 Å². The van der Waals surface area contributed by atoms with Crippen LogP contribution in [-0.2, 0) is 0 Å². The van der Waals surface area contributed by atoms with Crippen molar-refractivity contribution < 1.29 is 9.53 Å². The number of hydrogen-bond acceptors (Lipinski definition) is 5. The fourth-order valence-electron chi connectivity index (χ4n) is 3.58. The lowest BCUT2D eigenvalue weighted by molar-refractivity contribution is 0.0608. The molecule has 138 valence electrons. The van der Waals surface area contributed by atoms with Crippen molar-refractivity contribution in [3.05, 3.63) is 66.4 Å². The summed E-state index contributed by atoms with van der Waals surface area (Å²) in [6.07, 6.45) is 7.65. The van der Waals surface area contributed by atoms with Crippen molar-refractivity contribution in [2.75, 3.05) is 13.7 Å². The van der Waals surface area contributed by atoms with Crippen LogP contribution in [0.5, 0.6) is 5.75 Å². The first-order valence-corrected chi connectivity index (χ1v) is 9.03. The summed E-state index contributed by atoms with van der Waals surface area (Å²) in [5, 5.41) is 4.06. The van der Waals surface area contributed by atoms with Gasteiger partial charge in [0.25, 0.3) is 5.91 Å². The molecule has 1 unspecified atom stereocenters. The van der Waals surface area contributed by atoms with Crippen LogP contribution >= 0.6 is 0 Å². The fraction of sp³-hybridized carbons (Fsp3) is 0.300. The second kappa shape index (κ2) is 7.57. The van der Waals surface area contributed by atoms with Gasteiger partial charge in [-0.2, -0.15) is 5.10 Å². The summed E-state index contributed by atoms with van der Waals surface area (Å²) in [4.78, 5) is 23.4. The third-order valence-electron chi connectivity index (χ3n) is 4.91. The number of ether oxygens (including phenoxy) is 1.